The zero-order valence-corrected chi connectivity index (χ0v) is 26.2. The predicted molar refractivity (Wildman–Crippen MR) is 200 cm³/mol. The molecule has 0 amide bonds. The second kappa shape index (κ2) is 12.2. The van der Waals surface area contributed by atoms with Crippen molar-refractivity contribution in [3.05, 3.63) is 176 Å². The van der Waals surface area contributed by atoms with Crippen LogP contribution < -0.4 is 0 Å². The number of aromatic nitrogens is 3. The Morgan fingerprint density at radius 3 is 1.51 bits per heavy atom. The van der Waals surface area contributed by atoms with Crippen LogP contribution in [0.3, 0.4) is 0 Å². The first-order valence-corrected chi connectivity index (χ1v) is 16.0. The molecule has 9 aromatic rings. The van der Waals surface area contributed by atoms with Crippen molar-refractivity contribution in [3.8, 4) is 67.5 Å². The Morgan fingerprint density at radius 2 is 0.837 bits per heavy atom. The minimum Gasteiger partial charge on any atom is -0.456 e. The number of benzene rings is 7. The van der Waals surface area contributed by atoms with E-state index in [-0.39, 0.29) is 46.5 Å². The lowest BCUT2D eigenvalue weighted by atomic mass is 10.0. The van der Waals surface area contributed by atoms with E-state index >= 15 is 0 Å². The lowest BCUT2D eigenvalue weighted by Crippen LogP contribution is -2.00. The molecule has 0 aliphatic carbocycles. The molecule has 0 N–H and O–H groups in total. The van der Waals surface area contributed by atoms with Crippen LogP contribution in [0.15, 0.2) is 180 Å². The lowest BCUT2D eigenvalue weighted by molar-refractivity contribution is 0.669. The molecule has 0 unspecified atom stereocenters. The van der Waals surface area contributed by atoms with E-state index in [1.54, 1.807) is 6.07 Å². The van der Waals surface area contributed by atoms with Crippen LogP contribution >= 0.6 is 0 Å². The standard InChI is InChI=1S/C45H29N3O/c1-4-11-30(12-5-1)33-19-21-34(22-20-33)43-46-44(37-18-10-17-35(27-37)31-13-6-2-7-14-31)48-45(47-43)38-24-26-41-40(28-38)39-25-23-36(29-42(39)49-41)32-15-8-3-9-16-32/h1-29H/i25D,26D,28D,29D. The molecule has 0 aliphatic rings. The van der Waals surface area contributed by atoms with Gasteiger partial charge >= 0.3 is 0 Å². The summed E-state index contributed by atoms with van der Waals surface area (Å²) in [6, 6.07) is 49.0. The summed E-state index contributed by atoms with van der Waals surface area (Å²) in [7, 11) is 0. The Morgan fingerprint density at radius 1 is 0.347 bits per heavy atom. The Kier molecular flexibility index (Phi) is 6.09. The van der Waals surface area contributed by atoms with Gasteiger partial charge in [-0.1, -0.05) is 140 Å². The van der Waals surface area contributed by atoms with Crippen molar-refractivity contribution in [1.29, 1.82) is 0 Å². The molecule has 0 saturated heterocycles. The number of rotatable bonds is 6. The van der Waals surface area contributed by atoms with Gasteiger partial charge in [0, 0.05) is 27.5 Å². The summed E-state index contributed by atoms with van der Waals surface area (Å²) in [5.41, 5.74) is 7.68. The zero-order valence-electron chi connectivity index (χ0n) is 30.2. The largest absolute Gasteiger partial charge is 0.456 e. The highest BCUT2D eigenvalue weighted by Gasteiger charge is 2.16. The summed E-state index contributed by atoms with van der Waals surface area (Å²) in [4.78, 5) is 14.8. The van der Waals surface area contributed by atoms with E-state index in [0.717, 1.165) is 38.9 Å². The van der Waals surface area contributed by atoms with Crippen LogP contribution in [0.1, 0.15) is 5.48 Å². The Bertz CT molecular complexity index is 2810. The zero-order chi connectivity index (χ0) is 36.1. The molecule has 4 heteroatoms. The van der Waals surface area contributed by atoms with E-state index in [1.807, 2.05) is 115 Å². The normalized spacial score (nSPS) is 12.4. The Hall–Kier alpha value is -6.65. The Labute approximate surface area is 289 Å². The molecule has 0 saturated carbocycles. The minimum absolute atomic E-state index is 0.00376. The molecule has 0 aliphatic heterocycles. The molecule has 4 nitrogen and oxygen atoms in total. The molecule has 7 aromatic carbocycles. The van der Waals surface area contributed by atoms with Crippen molar-refractivity contribution < 1.29 is 9.90 Å². The fourth-order valence-corrected chi connectivity index (χ4v) is 6.05. The molecular formula is C45H29N3O. The summed E-state index contributed by atoms with van der Waals surface area (Å²) in [6.45, 7) is 0. The first kappa shape index (κ1) is 24.5. The summed E-state index contributed by atoms with van der Waals surface area (Å²) in [5, 5.41) is 0.592. The molecule has 2 heterocycles. The number of furan rings is 1. The van der Waals surface area contributed by atoms with Gasteiger partial charge in [-0.3, -0.25) is 0 Å². The van der Waals surface area contributed by atoms with Crippen LogP contribution in [-0.4, -0.2) is 15.0 Å². The van der Waals surface area contributed by atoms with Crippen molar-refractivity contribution in [3.63, 3.8) is 0 Å². The number of nitrogens with zero attached hydrogens (tertiary/aromatic N) is 3. The van der Waals surface area contributed by atoms with Gasteiger partial charge in [-0.25, -0.2) is 15.0 Å². The minimum atomic E-state index is 0.00376. The molecule has 2 aromatic heterocycles. The van der Waals surface area contributed by atoms with Crippen LogP contribution in [0.25, 0.3) is 89.5 Å². The smallest absolute Gasteiger partial charge is 0.164 e. The highest BCUT2D eigenvalue weighted by molar-refractivity contribution is 6.07. The van der Waals surface area contributed by atoms with Crippen molar-refractivity contribution in [2.75, 3.05) is 0 Å². The second-order valence-electron chi connectivity index (χ2n) is 11.7. The van der Waals surface area contributed by atoms with Gasteiger partial charge in [0.1, 0.15) is 11.2 Å². The molecule has 230 valence electrons. The van der Waals surface area contributed by atoms with Crippen LogP contribution in [0.2, 0.25) is 0 Å². The first-order chi connectivity index (χ1) is 25.9. The summed E-state index contributed by atoms with van der Waals surface area (Å²) >= 11 is 0. The van der Waals surface area contributed by atoms with Gasteiger partial charge in [-0.2, -0.15) is 0 Å². The van der Waals surface area contributed by atoms with Gasteiger partial charge < -0.3 is 4.42 Å². The second-order valence-corrected chi connectivity index (χ2v) is 11.7. The highest BCUT2D eigenvalue weighted by Crippen LogP contribution is 2.35. The summed E-state index contributed by atoms with van der Waals surface area (Å²) < 4.78 is 42.7. The Balaban J connectivity index is 1.24. The maximum Gasteiger partial charge on any atom is 0.164 e. The molecule has 0 fully saturated rings. The SMILES string of the molecule is [2H]c1cc(-c2nc(-c3ccc(-c4ccccc4)cc3)nc(-c3cccc(-c4ccccc4)c3)n2)c([2H])c2c1oc1c([2H])c(-c3ccccc3)cc([2H])c12. The van der Waals surface area contributed by atoms with Gasteiger partial charge in [0.15, 0.2) is 17.5 Å². The van der Waals surface area contributed by atoms with Gasteiger partial charge in [-0.05, 0) is 69.7 Å². The van der Waals surface area contributed by atoms with Crippen LogP contribution in [0.4, 0.5) is 0 Å². The number of fused-ring (bicyclic) bond motifs is 3. The van der Waals surface area contributed by atoms with Crippen LogP contribution in [0, 0.1) is 0 Å². The third-order valence-corrected chi connectivity index (χ3v) is 8.56. The lowest BCUT2D eigenvalue weighted by Gasteiger charge is -2.10. The van der Waals surface area contributed by atoms with Crippen LogP contribution in [-0.2, 0) is 0 Å². The fraction of sp³-hybridized carbons (Fsp3) is 0. The molecule has 0 bridgehead atoms. The van der Waals surface area contributed by atoms with Gasteiger partial charge in [0.2, 0.25) is 0 Å². The summed E-state index contributed by atoms with van der Waals surface area (Å²) in [6.07, 6.45) is 0. The highest BCUT2D eigenvalue weighted by atomic mass is 16.3. The molecular weight excluding hydrogens is 599 g/mol. The van der Waals surface area contributed by atoms with Crippen molar-refractivity contribution >= 4 is 21.9 Å². The van der Waals surface area contributed by atoms with E-state index < -0.39 is 0 Å². The molecule has 0 radical (unpaired) electrons. The quantitative estimate of drug-likeness (QED) is 0.183. The molecule has 49 heavy (non-hydrogen) atoms. The average molecular weight is 632 g/mol. The maximum atomic E-state index is 9.49. The van der Waals surface area contributed by atoms with Gasteiger partial charge in [-0.15, -0.1) is 0 Å². The monoisotopic (exact) mass is 631 g/mol. The van der Waals surface area contributed by atoms with E-state index in [2.05, 4.69) is 24.3 Å². The molecule has 9 rings (SSSR count). The van der Waals surface area contributed by atoms with E-state index in [1.165, 1.54) is 6.07 Å². The number of hydrogen-bond donors (Lipinski definition) is 0. The number of hydrogen-bond acceptors (Lipinski definition) is 4. The average Bonchev–Trinajstić information content (AvgIpc) is 3.65. The van der Waals surface area contributed by atoms with E-state index in [0.29, 0.717) is 28.2 Å². The van der Waals surface area contributed by atoms with Gasteiger partial charge in [0.05, 0.1) is 5.48 Å². The van der Waals surface area contributed by atoms with E-state index in [4.69, 9.17) is 23.5 Å². The first-order valence-electron chi connectivity index (χ1n) is 18.0. The van der Waals surface area contributed by atoms with E-state index in [9.17, 15) is 1.37 Å². The van der Waals surface area contributed by atoms with Crippen molar-refractivity contribution in [1.82, 2.24) is 15.0 Å². The fourth-order valence-electron chi connectivity index (χ4n) is 6.05. The summed E-state index contributed by atoms with van der Waals surface area (Å²) in [5.74, 6) is 1.05. The third kappa shape index (κ3) is 5.56. The third-order valence-electron chi connectivity index (χ3n) is 8.56. The van der Waals surface area contributed by atoms with Crippen molar-refractivity contribution in [2.45, 2.75) is 0 Å². The predicted octanol–water partition coefficient (Wildman–Crippen LogP) is 11.8. The van der Waals surface area contributed by atoms with Crippen molar-refractivity contribution in [2.24, 2.45) is 0 Å². The van der Waals surface area contributed by atoms with Crippen LogP contribution in [0.5, 0.6) is 0 Å². The topological polar surface area (TPSA) is 51.8 Å². The maximum absolute atomic E-state index is 9.49. The molecule has 0 spiro atoms. The molecule has 0 atom stereocenters. The van der Waals surface area contributed by atoms with Gasteiger partial charge in [0.25, 0.3) is 0 Å².